The molecule has 112 valence electrons. The minimum Gasteiger partial charge on any atom is -0.396 e. The summed E-state index contributed by atoms with van der Waals surface area (Å²) < 4.78 is 36.5. The molecule has 1 saturated heterocycles. The third-order valence-corrected chi connectivity index (χ3v) is 3.21. The van der Waals surface area contributed by atoms with Crippen LogP contribution in [0.4, 0.5) is 18.0 Å². The molecule has 1 aliphatic heterocycles. The van der Waals surface area contributed by atoms with E-state index < -0.39 is 24.8 Å². The average molecular weight is 283 g/mol. The molecular formula is C11H20F3N3O2. The molecule has 2 unspecified atom stereocenters. The van der Waals surface area contributed by atoms with Gasteiger partial charge in [0.15, 0.2) is 0 Å². The second-order valence-corrected chi connectivity index (χ2v) is 4.90. The lowest BCUT2D eigenvalue weighted by atomic mass is 9.90. The number of nitrogens with one attached hydrogen (secondary N) is 1. The van der Waals surface area contributed by atoms with Gasteiger partial charge < -0.3 is 21.1 Å². The monoisotopic (exact) mass is 283 g/mol. The average Bonchev–Trinajstić information content (AvgIpc) is 2.32. The first-order valence-electron chi connectivity index (χ1n) is 6.27. The first-order valence-corrected chi connectivity index (χ1v) is 6.27. The van der Waals surface area contributed by atoms with Crippen molar-refractivity contribution in [3.63, 3.8) is 0 Å². The maximum absolute atomic E-state index is 12.2. The van der Waals surface area contributed by atoms with Crippen LogP contribution in [-0.2, 0) is 0 Å². The van der Waals surface area contributed by atoms with E-state index >= 15 is 0 Å². The predicted molar refractivity (Wildman–Crippen MR) is 63.4 cm³/mol. The van der Waals surface area contributed by atoms with E-state index in [0.29, 0.717) is 25.8 Å². The van der Waals surface area contributed by atoms with Crippen molar-refractivity contribution in [3.05, 3.63) is 0 Å². The van der Waals surface area contributed by atoms with Gasteiger partial charge in [-0.2, -0.15) is 13.2 Å². The Bertz CT molecular complexity index is 299. The molecule has 1 aliphatic rings. The molecule has 0 aromatic carbocycles. The molecule has 19 heavy (non-hydrogen) atoms. The van der Waals surface area contributed by atoms with Crippen molar-refractivity contribution in [1.29, 1.82) is 0 Å². The number of nitrogens with zero attached hydrogens (tertiary/aromatic N) is 1. The van der Waals surface area contributed by atoms with E-state index in [1.165, 1.54) is 4.90 Å². The molecular weight excluding hydrogens is 263 g/mol. The van der Waals surface area contributed by atoms with Crippen LogP contribution in [0.2, 0.25) is 0 Å². The molecule has 0 aromatic heterocycles. The van der Waals surface area contributed by atoms with Crippen molar-refractivity contribution < 1.29 is 23.1 Å². The van der Waals surface area contributed by atoms with E-state index in [1.54, 1.807) is 0 Å². The molecule has 4 N–H and O–H groups in total. The number of primary amides is 1. The molecule has 1 fully saturated rings. The van der Waals surface area contributed by atoms with E-state index in [1.807, 2.05) is 0 Å². The number of urea groups is 1. The topological polar surface area (TPSA) is 78.6 Å². The number of aliphatic hydroxyl groups excluding tert-OH is 1. The lowest BCUT2D eigenvalue weighted by Crippen LogP contribution is -2.54. The van der Waals surface area contributed by atoms with Gasteiger partial charge in [0.25, 0.3) is 0 Å². The van der Waals surface area contributed by atoms with E-state index in [0.717, 1.165) is 0 Å². The Morgan fingerprint density at radius 3 is 2.63 bits per heavy atom. The minimum atomic E-state index is -4.27. The van der Waals surface area contributed by atoms with Gasteiger partial charge in [-0.05, 0) is 25.2 Å². The summed E-state index contributed by atoms with van der Waals surface area (Å²) in [5, 5.41) is 11.2. The maximum atomic E-state index is 12.2. The second kappa shape index (κ2) is 6.95. The van der Waals surface area contributed by atoms with E-state index in [2.05, 4.69) is 5.32 Å². The van der Waals surface area contributed by atoms with Gasteiger partial charge in [-0.1, -0.05) is 0 Å². The summed E-state index contributed by atoms with van der Waals surface area (Å²) >= 11 is 0. The highest BCUT2D eigenvalue weighted by Crippen LogP contribution is 2.22. The smallest absolute Gasteiger partial charge is 0.396 e. The lowest BCUT2D eigenvalue weighted by molar-refractivity contribution is -0.127. The number of carbonyl (C=O) groups is 1. The van der Waals surface area contributed by atoms with Gasteiger partial charge in [0.05, 0.1) is 6.54 Å². The summed E-state index contributed by atoms with van der Waals surface area (Å²) in [6, 6.07) is -1.03. The number of nitrogens with two attached hydrogens (primary N) is 1. The summed E-state index contributed by atoms with van der Waals surface area (Å²) in [5.74, 6) is 0.0686. The number of hydrogen-bond donors (Lipinski definition) is 3. The number of carbonyl (C=O) groups excluding carboxylic acids is 1. The van der Waals surface area contributed by atoms with Crippen LogP contribution in [0.5, 0.6) is 0 Å². The molecule has 2 amide bonds. The number of aliphatic hydroxyl groups is 1. The number of piperidine rings is 1. The number of rotatable bonds is 5. The molecule has 1 rings (SSSR count). The van der Waals surface area contributed by atoms with Gasteiger partial charge in [0, 0.05) is 25.7 Å². The molecule has 5 nitrogen and oxygen atoms in total. The van der Waals surface area contributed by atoms with Gasteiger partial charge in [0.1, 0.15) is 0 Å². The van der Waals surface area contributed by atoms with Gasteiger partial charge >= 0.3 is 12.2 Å². The Morgan fingerprint density at radius 2 is 2.11 bits per heavy atom. The molecule has 0 radical (unpaired) electrons. The molecule has 0 saturated carbocycles. The maximum Gasteiger partial charge on any atom is 0.401 e. The largest absolute Gasteiger partial charge is 0.401 e. The Hall–Kier alpha value is -1.02. The van der Waals surface area contributed by atoms with E-state index in [4.69, 9.17) is 10.8 Å². The van der Waals surface area contributed by atoms with Crippen molar-refractivity contribution in [2.45, 2.75) is 31.5 Å². The summed E-state index contributed by atoms with van der Waals surface area (Å²) in [5.41, 5.74) is 5.19. The first-order chi connectivity index (χ1) is 8.81. The molecule has 8 heteroatoms. The Morgan fingerprint density at radius 1 is 1.42 bits per heavy atom. The normalized spacial score (nSPS) is 24.5. The molecule has 0 bridgehead atoms. The molecule has 0 spiro atoms. The van der Waals surface area contributed by atoms with Gasteiger partial charge in [-0.3, -0.25) is 0 Å². The number of hydrogen-bond acceptors (Lipinski definition) is 3. The van der Waals surface area contributed by atoms with Crippen LogP contribution in [0.25, 0.3) is 0 Å². The Balaban J connectivity index is 2.52. The van der Waals surface area contributed by atoms with Gasteiger partial charge in [-0.25, -0.2) is 4.79 Å². The van der Waals surface area contributed by atoms with Crippen molar-refractivity contribution in [2.24, 2.45) is 11.7 Å². The number of likely N-dealkylation sites (tertiary alicyclic amines) is 1. The summed E-state index contributed by atoms with van der Waals surface area (Å²) in [7, 11) is 0. The fraction of sp³-hybridized carbons (Fsp3) is 0.909. The summed E-state index contributed by atoms with van der Waals surface area (Å²) in [6.45, 7) is -0.398. The quantitative estimate of drug-likeness (QED) is 0.694. The fourth-order valence-corrected chi connectivity index (χ4v) is 2.38. The molecule has 0 aliphatic carbocycles. The standard InChI is InChI=1S/C11H20F3N3O2/c12-11(13,14)7-16-9-4-8(2-1-3-18)5-17(6-9)10(15)19/h8-9,16,18H,1-7H2,(H2,15,19). The van der Waals surface area contributed by atoms with Crippen LogP contribution < -0.4 is 11.1 Å². The number of alkyl halides is 3. The zero-order valence-corrected chi connectivity index (χ0v) is 10.6. The second-order valence-electron chi connectivity index (χ2n) is 4.90. The summed E-state index contributed by atoms with van der Waals surface area (Å²) in [6.07, 6.45) is -2.47. The van der Waals surface area contributed by atoms with Crippen molar-refractivity contribution in [2.75, 3.05) is 26.2 Å². The third kappa shape index (κ3) is 6.11. The highest BCUT2D eigenvalue weighted by Gasteiger charge is 2.32. The lowest BCUT2D eigenvalue weighted by Gasteiger charge is -2.37. The van der Waals surface area contributed by atoms with Gasteiger partial charge in [-0.15, -0.1) is 0 Å². The Kier molecular flexibility index (Phi) is 5.86. The first kappa shape index (κ1) is 16.0. The van der Waals surface area contributed by atoms with Crippen LogP contribution in [-0.4, -0.2) is 54.5 Å². The summed E-state index contributed by atoms with van der Waals surface area (Å²) in [4.78, 5) is 12.5. The third-order valence-electron chi connectivity index (χ3n) is 3.21. The van der Waals surface area contributed by atoms with Crippen LogP contribution in [0.1, 0.15) is 19.3 Å². The van der Waals surface area contributed by atoms with Gasteiger partial charge in [0.2, 0.25) is 0 Å². The van der Waals surface area contributed by atoms with Crippen LogP contribution in [0.15, 0.2) is 0 Å². The van der Waals surface area contributed by atoms with Crippen molar-refractivity contribution >= 4 is 6.03 Å². The Labute approximate surface area is 109 Å². The SMILES string of the molecule is NC(=O)N1CC(CCCO)CC(NCC(F)(F)F)C1. The number of amides is 2. The van der Waals surface area contributed by atoms with Crippen LogP contribution in [0.3, 0.4) is 0 Å². The zero-order chi connectivity index (χ0) is 14.5. The van der Waals surface area contributed by atoms with Crippen molar-refractivity contribution in [3.8, 4) is 0 Å². The highest BCUT2D eigenvalue weighted by molar-refractivity contribution is 5.72. The zero-order valence-electron chi connectivity index (χ0n) is 10.6. The van der Waals surface area contributed by atoms with E-state index in [9.17, 15) is 18.0 Å². The molecule has 0 aromatic rings. The van der Waals surface area contributed by atoms with Crippen molar-refractivity contribution in [1.82, 2.24) is 10.2 Å². The number of halogens is 3. The van der Waals surface area contributed by atoms with E-state index in [-0.39, 0.29) is 19.1 Å². The highest BCUT2D eigenvalue weighted by atomic mass is 19.4. The molecule has 1 heterocycles. The minimum absolute atomic E-state index is 0.0354. The predicted octanol–water partition coefficient (Wildman–Crippen LogP) is 0.680. The van der Waals surface area contributed by atoms with Crippen LogP contribution >= 0.6 is 0 Å². The molecule has 2 atom stereocenters. The fourth-order valence-electron chi connectivity index (χ4n) is 2.38. The van der Waals surface area contributed by atoms with Crippen LogP contribution in [0, 0.1) is 5.92 Å².